The molecule has 1 aromatic heterocycles. The summed E-state index contributed by atoms with van der Waals surface area (Å²) in [5, 5.41) is 15.6. The first kappa shape index (κ1) is 16.0. The second kappa shape index (κ2) is 6.72. The van der Waals surface area contributed by atoms with E-state index in [-0.39, 0.29) is 19.1 Å². The van der Waals surface area contributed by atoms with Gasteiger partial charge in [-0.05, 0) is 54.8 Å². The van der Waals surface area contributed by atoms with E-state index in [1.54, 1.807) is 11.3 Å². The Bertz CT molecular complexity index is 697. The van der Waals surface area contributed by atoms with Gasteiger partial charge in [0.15, 0.2) is 6.61 Å². The summed E-state index contributed by atoms with van der Waals surface area (Å²) in [7, 11) is 0. The molecule has 0 bridgehead atoms. The molecule has 23 heavy (non-hydrogen) atoms. The van der Waals surface area contributed by atoms with Crippen LogP contribution in [0.5, 0.6) is 5.75 Å². The minimum absolute atomic E-state index is 0.0442. The molecule has 1 aromatic carbocycles. The van der Waals surface area contributed by atoms with Crippen molar-refractivity contribution < 1.29 is 14.6 Å². The average molecular weight is 331 g/mol. The van der Waals surface area contributed by atoms with Gasteiger partial charge in [-0.3, -0.25) is 4.79 Å². The van der Waals surface area contributed by atoms with E-state index in [4.69, 9.17) is 4.74 Å². The number of hydrogen-bond donors (Lipinski definition) is 2. The number of rotatable bonds is 5. The van der Waals surface area contributed by atoms with Crippen LogP contribution in [0, 0.1) is 6.92 Å². The molecule has 122 valence electrons. The van der Waals surface area contributed by atoms with Crippen molar-refractivity contribution in [1.29, 1.82) is 0 Å². The van der Waals surface area contributed by atoms with Gasteiger partial charge in [0, 0.05) is 4.88 Å². The number of hydrogen-bond acceptors (Lipinski definition) is 4. The number of fused-ring (bicyclic) bond motifs is 1. The number of amides is 1. The van der Waals surface area contributed by atoms with Crippen LogP contribution in [-0.2, 0) is 16.8 Å². The molecule has 1 atom stereocenters. The Balaban J connectivity index is 1.55. The van der Waals surface area contributed by atoms with Crippen LogP contribution in [0.2, 0.25) is 0 Å². The van der Waals surface area contributed by atoms with E-state index < -0.39 is 5.60 Å². The lowest BCUT2D eigenvalue weighted by Gasteiger charge is -2.32. The van der Waals surface area contributed by atoms with Crippen LogP contribution in [-0.4, -0.2) is 24.2 Å². The molecule has 2 N–H and O–H groups in total. The molecule has 0 aliphatic heterocycles. The van der Waals surface area contributed by atoms with Gasteiger partial charge in [-0.2, -0.15) is 0 Å². The third-order valence-corrected chi connectivity index (χ3v) is 5.25. The average Bonchev–Trinajstić information content (AvgIpc) is 3.03. The third kappa shape index (κ3) is 3.57. The number of ether oxygens (including phenoxy) is 1. The number of carbonyl (C=O) groups is 1. The minimum atomic E-state index is -0.952. The van der Waals surface area contributed by atoms with Crippen LogP contribution in [0.25, 0.3) is 0 Å². The highest BCUT2D eigenvalue weighted by Crippen LogP contribution is 2.37. The number of aliphatic hydroxyl groups is 1. The number of para-hydroxylation sites is 1. The smallest absolute Gasteiger partial charge is 0.258 e. The Labute approximate surface area is 140 Å². The molecule has 0 saturated carbocycles. The van der Waals surface area contributed by atoms with Crippen molar-refractivity contribution in [1.82, 2.24) is 5.32 Å². The second-order valence-electron chi connectivity index (χ2n) is 5.97. The Morgan fingerprint density at radius 1 is 1.39 bits per heavy atom. The molecule has 4 nitrogen and oxygen atoms in total. The lowest BCUT2D eigenvalue weighted by Crippen LogP contribution is -2.43. The zero-order valence-corrected chi connectivity index (χ0v) is 14.0. The van der Waals surface area contributed by atoms with E-state index in [1.165, 1.54) is 4.88 Å². The number of benzene rings is 1. The summed E-state index contributed by atoms with van der Waals surface area (Å²) in [4.78, 5) is 13.2. The Morgan fingerprint density at radius 2 is 2.22 bits per heavy atom. The number of aryl methyl sites for hydroxylation is 2. The highest BCUT2D eigenvalue weighted by Gasteiger charge is 2.35. The summed E-state index contributed by atoms with van der Waals surface area (Å²) in [6, 6.07) is 9.56. The normalized spacial score (nSPS) is 19.9. The minimum Gasteiger partial charge on any atom is -0.484 e. The van der Waals surface area contributed by atoms with E-state index in [0.717, 1.165) is 24.0 Å². The van der Waals surface area contributed by atoms with Crippen molar-refractivity contribution in [3.8, 4) is 5.75 Å². The first-order valence-corrected chi connectivity index (χ1v) is 8.71. The maximum atomic E-state index is 12.0. The van der Waals surface area contributed by atoms with Crippen LogP contribution < -0.4 is 10.1 Å². The molecule has 0 spiro atoms. The first-order chi connectivity index (χ1) is 11.1. The third-order valence-electron chi connectivity index (χ3n) is 4.27. The summed E-state index contributed by atoms with van der Waals surface area (Å²) in [6.07, 6.45) is 2.63. The zero-order chi connectivity index (χ0) is 16.3. The van der Waals surface area contributed by atoms with Crippen LogP contribution in [0.4, 0.5) is 0 Å². The highest BCUT2D eigenvalue weighted by molar-refractivity contribution is 7.10. The van der Waals surface area contributed by atoms with Crippen molar-refractivity contribution in [3.63, 3.8) is 0 Å². The molecule has 3 rings (SSSR count). The molecule has 1 amide bonds. The molecule has 1 aliphatic carbocycles. The van der Waals surface area contributed by atoms with Gasteiger partial charge in [0.25, 0.3) is 5.91 Å². The summed E-state index contributed by atoms with van der Waals surface area (Å²) in [5.41, 5.74) is 1.01. The lowest BCUT2D eigenvalue weighted by molar-refractivity contribution is -0.124. The number of thiophene rings is 1. The predicted molar refractivity (Wildman–Crippen MR) is 90.8 cm³/mol. The second-order valence-corrected chi connectivity index (χ2v) is 6.97. The molecular formula is C18H21NO3S. The molecule has 1 unspecified atom stereocenters. The largest absolute Gasteiger partial charge is 0.484 e. The summed E-state index contributed by atoms with van der Waals surface area (Å²) < 4.78 is 5.53. The number of carbonyl (C=O) groups excluding carboxylic acids is 1. The lowest BCUT2D eigenvalue weighted by atomic mass is 9.83. The molecule has 2 aromatic rings. The van der Waals surface area contributed by atoms with Gasteiger partial charge >= 0.3 is 0 Å². The Kier molecular flexibility index (Phi) is 4.68. The van der Waals surface area contributed by atoms with Crippen molar-refractivity contribution >= 4 is 17.2 Å². The van der Waals surface area contributed by atoms with Gasteiger partial charge in [0.05, 0.1) is 6.54 Å². The molecular weight excluding hydrogens is 310 g/mol. The van der Waals surface area contributed by atoms with Crippen molar-refractivity contribution in [3.05, 3.63) is 51.7 Å². The van der Waals surface area contributed by atoms with Crippen molar-refractivity contribution in [2.24, 2.45) is 0 Å². The fourth-order valence-corrected chi connectivity index (χ4v) is 3.98. The van der Waals surface area contributed by atoms with Gasteiger partial charge < -0.3 is 15.2 Å². The summed E-state index contributed by atoms with van der Waals surface area (Å²) in [6.45, 7) is 2.13. The van der Waals surface area contributed by atoms with E-state index >= 15 is 0 Å². The topological polar surface area (TPSA) is 58.6 Å². The fraction of sp³-hybridized carbons (Fsp3) is 0.389. The maximum Gasteiger partial charge on any atom is 0.258 e. The Hall–Kier alpha value is -1.85. The van der Waals surface area contributed by atoms with E-state index in [1.807, 2.05) is 42.6 Å². The van der Waals surface area contributed by atoms with Gasteiger partial charge in [-0.1, -0.05) is 18.2 Å². The quantitative estimate of drug-likeness (QED) is 0.886. The van der Waals surface area contributed by atoms with E-state index in [2.05, 4.69) is 5.32 Å². The van der Waals surface area contributed by atoms with Crippen molar-refractivity contribution in [2.75, 3.05) is 13.2 Å². The first-order valence-electron chi connectivity index (χ1n) is 7.83. The molecule has 1 aliphatic rings. The van der Waals surface area contributed by atoms with Crippen LogP contribution in [0.1, 0.15) is 28.8 Å². The monoisotopic (exact) mass is 331 g/mol. The predicted octanol–water partition coefficient (Wildman–Crippen LogP) is 2.78. The number of nitrogens with one attached hydrogen (secondary N) is 1. The van der Waals surface area contributed by atoms with Gasteiger partial charge in [-0.15, -0.1) is 11.3 Å². The molecule has 0 saturated heterocycles. The standard InChI is InChI=1S/C18H21NO3S/c1-13-5-2-3-6-15(13)22-11-17(20)19-12-18(21)9-4-7-16-14(18)8-10-23-16/h2-3,5-6,8,10,21H,4,7,9,11-12H2,1H3,(H,19,20). The maximum absolute atomic E-state index is 12.0. The van der Waals surface area contributed by atoms with Gasteiger partial charge in [0.2, 0.25) is 0 Å². The van der Waals surface area contributed by atoms with Crippen LogP contribution >= 0.6 is 11.3 Å². The highest BCUT2D eigenvalue weighted by atomic mass is 32.1. The van der Waals surface area contributed by atoms with Crippen LogP contribution in [0.3, 0.4) is 0 Å². The molecule has 0 fully saturated rings. The molecule has 1 heterocycles. The SMILES string of the molecule is Cc1ccccc1OCC(=O)NCC1(O)CCCc2sccc21. The Morgan fingerprint density at radius 3 is 3.04 bits per heavy atom. The zero-order valence-electron chi connectivity index (χ0n) is 13.2. The van der Waals surface area contributed by atoms with Crippen molar-refractivity contribution in [2.45, 2.75) is 31.8 Å². The summed E-state index contributed by atoms with van der Waals surface area (Å²) >= 11 is 1.67. The van der Waals surface area contributed by atoms with Gasteiger partial charge in [-0.25, -0.2) is 0 Å². The van der Waals surface area contributed by atoms with E-state index in [9.17, 15) is 9.90 Å². The molecule has 0 radical (unpaired) electrons. The summed E-state index contributed by atoms with van der Waals surface area (Å²) in [5.74, 6) is 0.489. The van der Waals surface area contributed by atoms with Gasteiger partial charge in [0.1, 0.15) is 11.4 Å². The van der Waals surface area contributed by atoms with E-state index in [0.29, 0.717) is 12.2 Å². The van der Waals surface area contributed by atoms with Crippen LogP contribution in [0.15, 0.2) is 35.7 Å². The molecule has 5 heteroatoms. The fourth-order valence-electron chi connectivity index (χ4n) is 2.97.